The second-order valence-electron chi connectivity index (χ2n) is 4.90. The highest BCUT2D eigenvalue weighted by atomic mass is 35.5. The van der Waals surface area contributed by atoms with E-state index in [4.69, 9.17) is 11.6 Å². The van der Waals surface area contributed by atoms with Crippen LogP contribution in [0.3, 0.4) is 0 Å². The molecule has 5 heteroatoms. The summed E-state index contributed by atoms with van der Waals surface area (Å²) in [6.07, 6.45) is 6.50. The summed E-state index contributed by atoms with van der Waals surface area (Å²) in [6.45, 7) is 0. The summed E-state index contributed by atoms with van der Waals surface area (Å²) in [6, 6.07) is 8.29. The van der Waals surface area contributed by atoms with Crippen LogP contribution in [-0.2, 0) is 0 Å². The predicted molar refractivity (Wildman–Crippen MR) is 80.9 cm³/mol. The van der Waals surface area contributed by atoms with E-state index in [1.807, 2.05) is 24.3 Å². The van der Waals surface area contributed by atoms with E-state index < -0.39 is 0 Å². The van der Waals surface area contributed by atoms with Crippen LogP contribution >= 0.6 is 22.9 Å². The van der Waals surface area contributed by atoms with Crippen LogP contribution in [-0.4, -0.2) is 16.2 Å². The van der Waals surface area contributed by atoms with Gasteiger partial charge >= 0.3 is 0 Å². The Balaban J connectivity index is 1.70. The van der Waals surface area contributed by atoms with Gasteiger partial charge in [0.1, 0.15) is 5.01 Å². The fraction of sp³-hybridized carbons (Fsp3) is 0.429. The lowest BCUT2D eigenvalue weighted by atomic mass is 9.96. The van der Waals surface area contributed by atoms with E-state index in [1.54, 1.807) is 11.3 Å². The van der Waals surface area contributed by atoms with Crippen LogP contribution in [0, 0.1) is 0 Å². The number of hydrogen-bond donors (Lipinski definition) is 1. The maximum atomic E-state index is 5.89. The molecule has 1 fully saturated rings. The van der Waals surface area contributed by atoms with Crippen LogP contribution in [0.4, 0.5) is 5.13 Å². The van der Waals surface area contributed by atoms with Crippen molar-refractivity contribution in [2.24, 2.45) is 0 Å². The zero-order valence-corrected chi connectivity index (χ0v) is 12.2. The highest BCUT2D eigenvalue weighted by Crippen LogP contribution is 2.29. The maximum Gasteiger partial charge on any atom is 0.206 e. The minimum absolute atomic E-state index is 0.569. The van der Waals surface area contributed by atoms with Crippen LogP contribution in [0.25, 0.3) is 10.6 Å². The Morgan fingerprint density at radius 3 is 2.53 bits per heavy atom. The van der Waals surface area contributed by atoms with Crippen LogP contribution in [0.2, 0.25) is 5.02 Å². The van der Waals surface area contributed by atoms with Crippen LogP contribution in [0.15, 0.2) is 24.3 Å². The Hall–Kier alpha value is -1.13. The average molecular weight is 294 g/mol. The van der Waals surface area contributed by atoms with Gasteiger partial charge in [0.05, 0.1) is 0 Å². The molecule has 2 aromatic rings. The lowest BCUT2D eigenvalue weighted by Crippen LogP contribution is -2.21. The number of halogens is 1. The number of anilines is 1. The standard InChI is InChI=1S/C14H16ClN3S/c15-11-8-6-10(7-9-11)13-17-18-14(19-13)16-12-4-2-1-3-5-12/h6-9,12H,1-5H2,(H,16,18). The fourth-order valence-corrected chi connectivity index (χ4v) is 3.36. The number of rotatable bonds is 3. The minimum Gasteiger partial charge on any atom is -0.357 e. The van der Waals surface area contributed by atoms with Crippen molar-refractivity contribution in [3.63, 3.8) is 0 Å². The molecule has 0 aliphatic heterocycles. The van der Waals surface area contributed by atoms with Crippen molar-refractivity contribution in [3.05, 3.63) is 29.3 Å². The molecular formula is C14H16ClN3S. The second-order valence-corrected chi connectivity index (χ2v) is 6.31. The van der Waals surface area contributed by atoms with Crippen LogP contribution < -0.4 is 5.32 Å². The van der Waals surface area contributed by atoms with Gasteiger partial charge in [0.2, 0.25) is 5.13 Å². The number of hydrogen-bond acceptors (Lipinski definition) is 4. The molecule has 0 radical (unpaired) electrons. The van der Waals surface area contributed by atoms with E-state index in [0.29, 0.717) is 6.04 Å². The fourth-order valence-electron chi connectivity index (χ4n) is 2.41. The molecule has 1 saturated carbocycles. The molecule has 1 N–H and O–H groups in total. The molecule has 0 amide bonds. The molecule has 3 nitrogen and oxygen atoms in total. The van der Waals surface area contributed by atoms with Gasteiger partial charge < -0.3 is 5.32 Å². The van der Waals surface area contributed by atoms with Gasteiger partial charge in [0.25, 0.3) is 0 Å². The average Bonchev–Trinajstić information content (AvgIpc) is 2.89. The molecule has 19 heavy (non-hydrogen) atoms. The van der Waals surface area contributed by atoms with Crippen molar-refractivity contribution >= 4 is 28.1 Å². The molecule has 0 spiro atoms. The lowest BCUT2D eigenvalue weighted by Gasteiger charge is -2.21. The molecule has 1 aliphatic carbocycles. The molecule has 100 valence electrons. The summed E-state index contributed by atoms with van der Waals surface area (Å²) < 4.78 is 0. The monoisotopic (exact) mass is 293 g/mol. The first kappa shape index (κ1) is 12.9. The van der Waals surface area contributed by atoms with Crippen molar-refractivity contribution in [3.8, 4) is 10.6 Å². The van der Waals surface area contributed by atoms with Gasteiger partial charge in [0.15, 0.2) is 0 Å². The van der Waals surface area contributed by atoms with Gasteiger partial charge in [-0.15, -0.1) is 10.2 Å². The quantitative estimate of drug-likeness (QED) is 0.898. The first-order valence-corrected chi connectivity index (χ1v) is 7.87. The molecule has 0 bridgehead atoms. The summed E-state index contributed by atoms with van der Waals surface area (Å²) in [5, 5.41) is 14.6. The van der Waals surface area contributed by atoms with Crippen LogP contribution in [0.1, 0.15) is 32.1 Å². The van der Waals surface area contributed by atoms with Crippen molar-refractivity contribution in [2.75, 3.05) is 5.32 Å². The summed E-state index contributed by atoms with van der Waals surface area (Å²) in [4.78, 5) is 0. The molecule has 1 aromatic heterocycles. The van der Waals surface area contributed by atoms with Crippen LogP contribution in [0.5, 0.6) is 0 Å². The van der Waals surface area contributed by atoms with Gasteiger partial charge in [-0.1, -0.05) is 54.3 Å². The van der Waals surface area contributed by atoms with E-state index in [1.165, 1.54) is 32.1 Å². The molecular weight excluding hydrogens is 278 g/mol. The molecule has 0 atom stereocenters. The number of benzene rings is 1. The molecule has 1 aromatic carbocycles. The SMILES string of the molecule is Clc1ccc(-c2nnc(NC3CCCCC3)s2)cc1. The summed E-state index contributed by atoms with van der Waals surface area (Å²) >= 11 is 7.50. The summed E-state index contributed by atoms with van der Waals surface area (Å²) in [7, 11) is 0. The third kappa shape index (κ3) is 3.25. The van der Waals surface area contributed by atoms with E-state index in [0.717, 1.165) is 20.7 Å². The maximum absolute atomic E-state index is 5.89. The van der Waals surface area contributed by atoms with Gasteiger partial charge in [-0.2, -0.15) is 0 Å². The molecule has 3 rings (SSSR count). The van der Waals surface area contributed by atoms with Crippen molar-refractivity contribution < 1.29 is 0 Å². The van der Waals surface area contributed by atoms with Gasteiger partial charge in [0, 0.05) is 16.6 Å². The Kier molecular flexibility index (Phi) is 3.99. The molecule has 1 aliphatic rings. The Labute approximate surface area is 122 Å². The normalized spacial score (nSPS) is 16.5. The number of aromatic nitrogens is 2. The van der Waals surface area contributed by atoms with Crippen molar-refractivity contribution in [2.45, 2.75) is 38.1 Å². The topological polar surface area (TPSA) is 37.8 Å². The third-order valence-corrected chi connectivity index (χ3v) is 4.60. The van der Waals surface area contributed by atoms with E-state index in [-0.39, 0.29) is 0 Å². The van der Waals surface area contributed by atoms with Crippen molar-refractivity contribution in [1.82, 2.24) is 10.2 Å². The summed E-state index contributed by atoms with van der Waals surface area (Å²) in [5.74, 6) is 0. The second kappa shape index (κ2) is 5.88. The number of nitrogens with one attached hydrogen (secondary N) is 1. The van der Waals surface area contributed by atoms with Gasteiger partial charge in [-0.25, -0.2) is 0 Å². The predicted octanol–water partition coefficient (Wildman–Crippen LogP) is 4.60. The minimum atomic E-state index is 0.569. The lowest BCUT2D eigenvalue weighted by molar-refractivity contribution is 0.462. The Morgan fingerprint density at radius 1 is 1.05 bits per heavy atom. The van der Waals surface area contributed by atoms with Gasteiger partial charge in [-0.05, 0) is 25.0 Å². The van der Waals surface area contributed by atoms with E-state index >= 15 is 0 Å². The number of nitrogens with zero attached hydrogens (tertiary/aromatic N) is 2. The highest BCUT2D eigenvalue weighted by molar-refractivity contribution is 7.18. The molecule has 0 unspecified atom stereocenters. The van der Waals surface area contributed by atoms with Crippen molar-refractivity contribution in [1.29, 1.82) is 0 Å². The highest BCUT2D eigenvalue weighted by Gasteiger charge is 2.15. The van der Waals surface area contributed by atoms with Gasteiger partial charge in [-0.3, -0.25) is 0 Å². The first-order chi connectivity index (χ1) is 9.31. The molecule has 1 heterocycles. The smallest absolute Gasteiger partial charge is 0.206 e. The molecule has 0 saturated heterocycles. The zero-order valence-electron chi connectivity index (χ0n) is 10.6. The summed E-state index contributed by atoms with van der Waals surface area (Å²) in [5.41, 5.74) is 1.07. The largest absolute Gasteiger partial charge is 0.357 e. The third-order valence-electron chi connectivity index (χ3n) is 3.45. The zero-order chi connectivity index (χ0) is 13.1. The van der Waals surface area contributed by atoms with E-state index in [9.17, 15) is 0 Å². The first-order valence-electron chi connectivity index (χ1n) is 6.67. The Bertz CT molecular complexity index is 532. The van der Waals surface area contributed by atoms with E-state index in [2.05, 4.69) is 15.5 Å². The Morgan fingerprint density at radius 2 is 1.79 bits per heavy atom.